The Hall–Kier alpha value is -1.03. The third-order valence-corrected chi connectivity index (χ3v) is 3.82. The van der Waals surface area contributed by atoms with Crippen LogP contribution >= 0.6 is 0 Å². The molecule has 0 aliphatic carbocycles. The topological polar surface area (TPSA) is 60.2 Å². The molecule has 78 valence electrons. The predicted octanol–water partition coefficient (Wildman–Crippen LogP) is 1.84. The number of anilines is 1. The summed E-state index contributed by atoms with van der Waals surface area (Å²) in [6.45, 7) is 1.97. The number of unbranched alkanes of at least 4 members (excludes halogenated alkanes) is 1. The van der Waals surface area contributed by atoms with Crippen LogP contribution < -0.4 is 5.73 Å². The summed E-state index contributed by atoms with van der Waals surface area (Å²) in [5.74, 6) is 0.216. The van der Waals surface area contributed by atoms with E-state index in [1.165, 1.54) is 0 Å². The summed E-state index contributed by atoms with van der Waals surface area (Å²) in [5.41, 5.74) is 6.06. The second-order valence-corrected chi connectivity index (χ2v) is 5.35. The molecule has 0 spiro atoms. The zero-order valence-corrected chi connectivity index (χ0v) is 9.05. The van der Waals surface area contributed by atoms with Gasteiger partial charge in [-0.05, 0) is 30.7 Å². The highest BCUT2D eigenvalue weighted by atomic mass is 32.2. The van der Waals surface area contributed by atoms with E-state index in [1.54, 1.807) is 24.3 Å². The molecular formula is C10H15NO2S. The van der Waals surface area contributed by atoms with Crippen LogP contribution in [0.25, 0.3) is 0 Å². The highest BCUT2D eigenvalue weighted by Crippen LogP contribution is 2.14. The lowest BCUT2D eigenvalue weighted by molar-refractivity contribution is 0.592. The van der Waals surface area contributed by atoms with Crippen LogP contribution in [0.3, 0.4) is 0 Å². The number of hydrogen-bond donors (Lipinski definition) is 1. The summed E-state index contributed by atoms with van der Waals surface area (Å²) < 4.78 is 23.3. The number of sulfone groups is 1. The van der Waals surface area contributed by atoms with E-state index in [0.717, 1.165) is 6.42 Å². The third-order valence-electron chi connectivity index (χ3n) is 2.01. The molecule has 0 saturated heterocycles. The molecule has 0 heterocycles. The second kappa shape index (κ2) is 4.46. The smallest absolute Gasteiger partial charge is 0.178 e. The van der Waals surface area contributed by atoms with Gasteiger partial charge in [-0.2, -0.15) is 0 Å². The minimum absolute atomic E-state index is 0.216. The Bertz CT molecular complexity index is 381. The van der Waals surface area contributed by atoms with Crippen LogP contribution in [0.15, 0.2) is 29.2 Å². The first-order valence-corrected chi connectivity index (χ1v) is 6.30. The van der Waals surface area contributed by atoms with Crippen LogP contribution in [0.5, 0.6) is 0 Å². The van der Waals surface area contributed by atoms with Crippen molar-refractivity contribution in [3.63, 3.8) is 0 Å². The van der Waals surface area contributed by atoms with Crippen molar-refractivity contribution in [3.8, 4) is 0 Å². The predicted molar refractivity (Wildman–Crippen MR) is 57.8 cm³/mol. The first kappa shape index (κ1) is 11.0. The summed E-state index contributed by atoms with van der Waals surface area (Å²) >= 11 is 0. The Morgan fingerprint density at radius 2 is 1.79 bits per heavy atom. The molecule has 1 aromatic rings. The molecule has 0 aromatic heterocycles. The third kappa shape index (κ3) is 2.73. The Labute approximate surface area is 84.9 Å². The quantitative estimate of drug-likeness (QED) is 0.776. The minimum Gasteiger partial charge on any atom is -0.399 e. The molecule has 2 N–H and O–H groups in total. The Morgan fingerprint density at radius 1 is 1.21 bits per heavy atom. The lowest BCUT2D eigenvalue weighted by Crippen LogP contribution is -2.06. The van der Waals surface area contributed by atoms with Gasteiger partial charge in [-0.25, -0.2) is 8.42 Å². The van der Waals surface area contributed by atoms with Crippen LogP contribution in [-0.2, 0) is 9.84 Å². The molecule has 1 rings (SSSR count). The first-order valence-electron chi connectivity index (χ1n) is 4.64. The Morgan fingerprint density at radius 3 is 2.29 bits per heavy atom. The number of nitrogens with two attached hydrogens (primary N) is 1. The van der Waals surface area contributed by atoms with E-state index in [1.807, 2.05) is 6.92 Å². The maximum absolute atomic E-state index is 11.7. The van der Waals surface area contributed by atoms with E-state index < -0.39 is 9.84 Å². The lowest BCUT2D eigenvalue weighted by atomic mass is 10.3. The number of rotatable bonds is 4. The van der Waals surface area contributed by atoms with Gasteiger partial charge >= 0.3 is 0 Å². The second-order valence-electron chi connectivity index (χ2n) is 3.24. The Balaban J connectivity index is 2.87. The van der Waals surface area contributed by atoms with Gasteiger partial charge in [0.15, 0.2) is 9.84 Å². The summed E-state index contributed by atoms with van der Waals surface area (Å²) in [6, 6.07) is 6.33. The van der Waals surface area contributed by atoms with Crippen molar-refractivity contribution >= 4 is 15.5 Å². The SMILES string of the molecule is CCCCS(=O)(=O)c1ccc(N)cc1. The first-order chi connectivity index (χ1) is 6.56. The van der Waals surface area contributed by atoms with E-state index in [-0.39, 0.29) is 5.75 Å². The molecule has 0 bridgehead atoms. The summed E-state index contributed by atoms with van der Waals surface area (Å²) in [7, 11) is -3.09. The van der Waals surface area contributed by atoms with Gasteiger partial charge in [0.1, 0.15) is 0 Å². The molecule has 0 radical (unpaired) electrons. The normalized spacial score (nSPS) is 11.5. The molecule has 0 saturated carbocycles. The van der Waals surface area contributed by atoms with Crippen molar-refractivity contribution in [2.75, 3.05) is 11.5 Å². The van der Waals surface area contributed by atoms with Gasteiger partial charge in [0.2, 0.25) is 0 Å². The van der Waals surface area contributed by atoms with Gasteiger partial charge in [0.25, 0.3) is 0 Å². The summed E-state index contributed by atoms with van der Waals surface area (Å²) in [6.07, 6.45) is 1.58. The molecule has 0 amide bonds. The van der Waals surface area contributed by atoms with Crippen LogP contribution in [0.2, 0.25) is 0 Å². The van der Waals surface area contributed by atoms with Crippen molar-refractivity contribution < 1.29 is 8.42 Å². The maximum Gasteiger partial charge on any atom is 0.178 e. The van der Waals surface area contributed by atoms with Crippen molar-refractivity contribution in [3.05, 3.63) is 24.3 Å². The zero-order valence-electron chi connectivity index (χ0n) is 8.23. The number of nitrogen functional groups attached to an aromatic ring is 1. The Kier molecular flexibility index (Phi) is 3.52. The molecular weight excluding hydrogens is 198 g/mol. The van der Waals surface area contributed by atoms with Gasteiger partial charge in [0, 0.05) is 5.69 Å². The zero-order chi connectivity index (χ0) is 10.6. The van der Waals surface area contributed by atoms with Crippen molar-refractivity contribution in [1.82, 2.24) is 0 Å². The van der Waals surface area contributed by atoms with Crippen LogP contribution in [0, 0.1) is 0 Å². The average molecular weight is 213 g/mol. The van der Waals surface area contributed by atoms with Gasteiger partial charge in [-0.1, -0.05) is 13.3 Å². The molecule has 0 aliphatic heterocycles. The number of hydrogen-bond acceptors (Lipinski definition) is 3. The molecule has 0 fully saturated rings. The van der Waals surface area contributed by atoms with Gasteiger partial charge in [-0.15, -0.1) is 0 Å². The van der Waals surface area contributed by atoms with Crippen molar-refractivity contribution in [2.45, 2.75) is 24.7 Å². The fraction of sp³-hybridized carbons (Fsp3) is 0.400. The van der Waals surface area contributed by atoms with Crippen molar-refractivity contribution in [2.24, 2.45) is 0 Å². The van der Waals surface area contributed by atoms with Crippen LogP contribution in [0.1, 0.15) is 19.8 Å². The molecule has 14 heavy (non-hydrogen) atoms. The van der Waals surface area contributed by atoms with E-state index in [9.17, 15) is 8.42 Å². The number of benzene rings is 1. The minimum atomic E-state index is -3.09. The van der Waals surface area contributed by atoms with Gasteiger partial charge < -0.3 is 5.73 Å². The monoisotopic (exact) mass is 213 g/mol. The van der Waals surface area contributed by atoms with E-state index in [2.05, 4.69) is 0 Å². The summed E-state index contributed by atoms with van der Waals surface area (Å²) in [5, 5.41) is 0. The molecule has 3 nitrogen and oxygen atoms in total. The largest absolute Gasteiger partial charge is 0.399 e. The molecule has 0 unspecified atom stereocenters. The van der Waals surface area contributed by atoms with Gasteiger partial charge in [0.05, 0.1) is 10.6 Å². The van der Waals surface area contributed by atoms with Gasteiger partial charge in [-0.3, -0.25) is 0 Å². The highest BCUT2D eigenvalue weighted by molar-refractivity contribution is 7.91. The lowest BCUT2D eigenvalue weighted by Gasteiger charge is -2.03. The van der Waals surface area contributed by atoms with Crippen LogP contribution in [-0.4, -0.2) is 14.2 Å². The van der Waals surface area contributed by atoms with E-state index >= 15 is 0 Å². The molecule has 1 aromatic carbocycles. The summed E-state index contributed by atoms with van der Waals surface area (Å²) in [4.78, 5) is 0.361. The molecule has 0 aliphatic rings. The molecule has 0 atom stereocenters. The fourth-order valence-corrected chi connectivity index (χ4v) is 2.58. The van der Waals surface area contributed by atoms with E-state index in [0.29, 0.717) is 17.0 Å². The van der Waals surface area contributed by atoms with E-state index in [4.69, 9.17) is 5.73 Å². The average Bonchev–Trinajstić information content (AvgIpc) is 2.16. The highest BCUT2D eigenvalue weighted by Gasteiger charge is 2.12. The van der Waals surface area contributed by atoms with Crippen LogP contribution in [0.4, 0.5) is 5.69 Å². The fourth-order valence-electron chi connectivity index (χ4n) is 1.13. The molecule has 4 heteroatoms. The maximum atomic E-state index is 11.7. The van der Waals surface area contributed by atoms with Crippen molar-refractivity contribution in [1.29, 1.82) is 0 Å². The standard InChI is InChI=1S/C10H15NO2S/c1-2-3-8-14(12,13)10-6-4-9(11)5-7-10/h4-7H,2-3,8,11H2,1H3.